The number of nitro benzene ring substituents is 1. The van der Waals surface area contributed by atoms with Gasteiger partial charge >= 0.3 is 0 Å². The maximum absolute atomic E-state index is 13.0. The smallest absolute Gasteiger partial charge is 0.293 e. The normalized spacial score (nSPS) is 21.6. The van der Waals surface area contributed by atoms with Gasteiger partial charge in [-0.25, -0.2) is 8.42 Å². The van der Waals surface area contributed by atoms with Crippen molar-refractivity contribution in [1.29, 1.82) is 0 Å². The topological polar surface area (TPSA) is 104 Å². The van der Waals surface area contributed by atoms with Crippen molar-refractivity contribution in [1.82, 2.24) is 9.21 Å². The molecule has 2 aliphatic rings. The van der Waals surface area contributed by atoms with Crippen LogP contribution in [0.4, 0.5) is 11.4 Å². The van der Waals surface area contributed by atoms with E-state index >= 15 is 0 Å². The summed E-state index contributed by atoms with van der Waals surface area (Å²) in [6, 6.07) is 4.14. The molecule has 3 rings (SSSR count). The molecule has 1 aromatic carbocycles. The molecule has 28 heavy (non-hydrogen) atoms. The van der Waals surface area contributed by atoms with Crippen molar-refractivity contribution in [2.45, 2.75) is 31.6 Å². The van der Waals surface area contributed by atoms with Crippen LogP contribution in [0.1, 0.15) is 26.7 Å². The molecule has 9 nitrogen and oxygen atoms in total. The number of sulfonamides is 1. The lowest BCUT2D eigenvalue weighted by atomic mass is 10.0. The van der Waals surface area contributed by atoms with E-state index in [1.54, 1.807) is 4.90 Å². The Hall–Kier alpha value is -2.20. The standard InChI is InChI=1S/C18H26N4O5S/c1-14-4-3-7-21(13-14)28(26,27)16-5-6-17(18(12-16)22(24)25)20-10-8-19(9-11-20)15(2)23/h5-6,12,14H,3-4,7-11,13H2,1-2H3. The number of hydrogen-bond donors (Lipinski definition) is 0. The molecular weight excluding hydrogens is 384 g/mol. The Kier molecular flexibility index (Phi) is 5.90. The van der Waals surface area contributed by atoms with Crippen molar-refractivity contribution in [3.63, 3.8) is 0 Å². The molecule has 0 radical (unpaired) electrons. The van der Waals surface area contributed by atoms with E-state index < -0.39 is 14.9 Å². The fourth-order valence-corrected chi connectivity index (χ4v) is 5.47. The van der Waals surface area contributed by atoms with Crippen molar-refractivity contribution in [3.8, 4) is 0 Å². The summed E-state index contributed by atoms with van der Waals surface area (Å²) in [4.78, 5) is 26.1. The highest BCUT2D eigenvalue weighted by atomic mass is 32.2. The first-order chi connectivity index (χ1) is 13.2. The molecular formula is C18H26N4O5S. The third-order valence-electron chi connectivity index (χ3n) is 5.47. The van der Waals surface area contributed by atoms with E-state index in [-0.39, 0.29) is 22.4 Å². The molecule has 1 aromatic rings. The molecule has 1 amide bonds. The molecule has 2 heterocycles. The second-order valence-electron chi connectivity index (χ2n) is 7.51. The van der Waals surface area contributed by atoms with Crippen LogP contribution in [0.5, 0.6) is 0 Å². The summed E-state index contributed by atoms with van der Waals surface area (Å²) in [6.07, 6.45) is 1.78. The lowest BCUT2D eigenvalue weighted by molar-refractivity contribution is -0.384. The van der Waals surface area contributed by atoms with Gasteiger partial charge in [0, 0.05) is 52.3 Å². The number of amides is 1. The van der Waals surface area contributed by atoms with E-state index in [9.17, 15) is 23.3 Å². The fraction of sp³-hybridized carbons (Fsp3) is 0.611. The Morgan fingerprint density at radius 3 is 2.43 bits per heavy atom. The average molecular weight is 410 g/mol. The van der Waals surface area contributed by atoms with E-state index in [4.69, 9.17) is 0 Å². The van der Waals surface area contributed by atoms with Crippen LogP contribution in [0, 0.1) is 16.0 Å². The number of piperazine rings is 1. The van der Waals surface area contributed by atoms with Gasteiger partial charge in [0.15, 0.2) is 0 Å². The van der Waals surface area contributed by atoms with Gasteiger partial charge in [-0.1, -0.05) is 6.92 Å². The van der Waals surface area contributed by atoms with Crippen molar-refractivity contribution in [2.75, 3.05) is 44.2 Å². The molecule has 0 aromatic heterocycles. The highest BCUT2D eigenvalue weighted by Crippen LogP contribution is 2.33. The predicted octanol–water partition coefficient (Wildman–Crippen LogP) is 1.68. The summed E-state index contributed by atoms with van der Waals surface area (Å²) >= 11 is 0. The molecule has 0 spiro atoms. The number of anilines is 1. The quantitative estimate of drug-likeness (QED) is 0.553. The first-order valence-electron chi connectivity index (χ1n) is 9.49. The van der Waals surface area contributed by atoms with Crippen LogP contribution in [0.3, 0.4) is 0 Å². The van der Waals surface area contributed by atoms with Crippen molar-refractivity contribution < 1.29 is 18.1 Å². The van der Waals surface area contributed by atoms with Crippen molar-refractivity contribution in [2.24, 2.45) is 5.92 Å². The summed E-state index contributed by atoms with van der Waals surface area (Å²) in [6.45, 7) is 6.29. The molecule has 0 N–H and O–H groups in total. The molecule has 1 atom stereocenters. The third kappa shape index (κ3) is 4.12. The van der Waals surface area contributed by atoms with Crippen LogP contribution >= 0.6 is 0 Å². The molecule has 154 valence electrons. The number of carbonyl (C=O) groups is 1. The number of carbonyl (C=O) groups excluding carboxylic acids is 1. The van der Waals surface area contributed by atoms with Crippen molar-refractivity contribution in [3.05, 3.63) is 28.3 Å². The van der Waals surface area contributed by atoms with Crippen LogP contribution in [-0.4, -0.2) is 67.7 Å². The van der Waals surface area contributed by atoms with E-state index in [0.717, 1.165) is 12.8 Å². The van der Waals surface area contributed by atoms with Crippen molar-refractivity contribution >= 4 is 27.3 Å². The maximum atomic E-state index is 13.0. The lowest BCUT2D eigenvalue weighted by Gasteiger charge is -2.35. The average Bonchev–Trinajstić information content (AvgIpc) is 2.67. The Balaban J connectivity index is 1.87. The zero-order valence-corrected chi connectivity index (χ0v) is 17.0. The molecule has 10 heteroatoms. The van der Waals surface area contributed by atoms with Gasteiger partial charge in [-0.15, -0.1) is 0 Å². The number of piperidine rings is 1. The maximum Gasteiger partial charge on any atom is 0.293 e. The van der Waals surface area contributed by atoms with E-state index in [1.807, 2.05) is 11.8 Å². The number of nitro groups is 1. The summed E-state index contributed by atoms with van der Waals surface area (Å²) in [5.41, 5.74) is 0.168. The summed E-state index contributed by atoms with van der Waals surface area (Å²) in [7, 11) is -3.76. The van der Waals surface area contributed by atoms with Gasteiger partial charge in [0.25, 0.3) is 5.69 Å². The molecule has 2 fully saturated rings. The zero-order chi connectivity index (χ0) is 20.5. The monoisotopic (exact) mass is 410 g/mol. The fourth-order valence-electron chi connectivity index (χ4n) is 3.85. The van der Waals surface area contributed by atoms with Gasteiger partial charge in [0.05, 0.1) is 9.82 Å². The highest BCUT2D eigenvalue weighted by Gasteiger charge is 2.32. The molecule has 0 bridgehead atoms. The van der Waals surface area contributed by atoms with E-state index in [2.05, 4.69) is 0 Å². The second kappa shape index (κ2) is 8.04. The summed E-state index contributed by atoms with van der Waals surface area (Å²) < 4.78 is 27.3. The van der Waals surface area contributed by atoms with E-state index in [1.165, 1.54) is 29.4 Å². The first-order valence-corrected chi connectivity index (χ1v) is 10.9. The van der Waals surface area contributed by atoms with Gasteiger partial charge in [-0.05, 0) is 30.9 Å². The highest BCUT2D eigenvalue weighted by molar-refractivity contribution is 7.89. The minimum absolute atomic E-state index is 0.0219. The SMILES string of the molecule is CC(=O)N1CCN(c2ccc(S(=O)(=O)N3CCCC(C)C3)cc2[N+](=O)[O-])CC1. The Morgan fingerprint density at radius 2 is 1.86 bits per heavy atom. The largest absolute Gasteiger partial charge is 0.362 e. The van der Waals surface area contributed by atoms with Crippen LogP contribution in [-0.2, 0) is 14.8 Å². The van der Waals surface area contributed by atoms with Crippen LogP contribution in [0.2, 0.25) is 0 Å². The van der Waals surface area contributed by atoms with Crippen LogP contribution in [0.25, 0.3) is 0 Å². The minimum Gasteiger partial charge on any atom is -0.362 e. The lowest BCUT2D eigenvalue weighted by Crippen LogP contribution is -2.48. The minimum atomic E-state index is -3.76. The molecule has 1 unspecified atom stereocenters. The third-order valence-corrected chi connectivity index (χ3v) is 7.33. The zero-order valence-electron chi connectivity index (χ0n) is 16.2. The Bertz CT molecular complexity index is 865. The molecule has 2 saturated heterocycles. The summed E-state index contributed by atoms with van der Waals surface area (Å²) in [5.74, 6) is 0.252. The van der Waals surface area contributed by atoms with Gasteiger partial charge in [0.1, 0.15) is 5.69 Å². The number of nitrogens with zero attached hydrogens (tertiary/aromatic N) is 4. The van der Waals surface area contributed by atoms with Crippen LogP contribution < -0.4 is 4.90 Å². The Morgan fingerprint density at radius 1 is 1.18 bits per heavy atom. The van der Waals surface area contributed by atoms with Gasteiger partial charge in [-0.2, -0.15) is 4.31 Å². The molecule has 0 saturated carbocycles. The number of rotatable bonds is 4. The summed E-state index contributed by atoms with van der Waals surface area (Å²) in [5, 5.41) is 11.7. The molecule has 0 aliphatic carbocycles. The van der Waals surface area contributed by atoms with E-state index in [0.29, 0.717) is 45.0 Å². The predicted molar refractivity (Wildman–Crippen MR) is 105 cm³/mol. The second-order valence-corrected chi connectivity index (χ2v) is 9.45. The van der Waals surface area contributed by atoms with Gasteiger partial charge in [-0.3, -0.25) is 14.9 Å². The van der Waals surface area contributed by atoms with Gasteiger partial charge < -0.3 is 9.80 Å². The van der Waals surface area contributed by atoms with Gasteiger partial charge in [0.2, 0.25) is 15.9 Å². The Labute approximate surface area is 165 Å². The number of hydrogen-bond acceptors (Lipinski definition) is 6. The first kappa shape index (κ1) is 20.5. The van der Waals surface area contributed by atoms with Crippen LogP contribution in [0.15, 0.2) is 23.1 Å². The molecule has 2 aliphatic heterocycles. The number of benzene rings is 1.